The number of fused-ring (bicyclic) bond motifs is 5. The molecule has 0 saturated carbocycles. The molecule has 0 radical (unpaired) electrons. The SMILES string of the molecule is C[C@@H]1c2cc(N3C[C@@H](CN(C)C)[C@H](O)C3)ccc2-n2ccnc2-c2cc(-c3ccc(F)cc3)cn21. The Bertz CT molecular complexity index is 1370. The van der Waals surface area contributed by atoms with Crippen LogP contribution in [-0.2, 0) is 0 Å². The average molecular weight is 472 g/mol. The van der Waals surface area contributed by atoms with Gasteiger partial charge in [-0.1, -0.05) is 12.1 Å². The Labute approximate surface area is 204 Å². The van der Waals surface area contributed by atoms with E-state index < -0.39 is 0 Å². The molecule has 3 atom stereocenters. The van der Waals surface area contributed by atoms with Gasteiger partial charge in [0.1, 0.15) is 5.82 Å². The van der Waals surface area contributed by atoms with Crippen LogP contribution in [0.15, 0.2) is 67.1 Å². The molecule has 4 heterocycles. The third-order valence-electron chi connectivity index (χ3n) is 7.41. The van der Waals surface area contributed by atoms with Crippen molar-refractivity contribution < 1.29 is 9.50 Å². The standard InChI is InChI=1S/C28H30FN5O/c1-18-24-13-23(32-15-21(14-31(2)3)27(35)17-32)8-9-25(24)33-11-10-30-28(33)26-12-20(16-34(18)26)19-4-6-22(29)7-5-19/h4-13,16,18,21,27,35H,14-15,17H2,1-3H3/t18-,21-,27-/m1/s1. The lowest BCUT2D eigenvalue weighted by Crippen LogP contribution is -2.29. The molecule has 2 aliphatic heterocycles. The van der Waals surface area contributed by atoms with E-state index in [2.05, 4.69) is 70.4 Å². The lowest BCUT2D eigenvalue weighted by Gasteiger charge is -2.23. The number of hydrogen-bond acceptors (Lipinski definition) is 4. The van der Waals surface area contributed by atoms with Gasteiger partial charge in [-0.05, 0) is 63.0 Å². The fourth-order valence-electron chi connectivity index (χ4n) is 5.62. The van der Waals surface area contributed by atoms with Gasteiger partial charge in [0, 0.05) is 61.0 Å². The highest BCUT2D eigenvalue weighted by molar-refractivity contribution is 5.72. The summed E-state index contributed by atoms with van der Waals surface area (Å²) in [7, 11) is 4.11. The Balaban J connectivity index is 1.41. The zero-order chi connectivity index (χ0) is 24.3. The lowest BCUT2D eigenvalue weighted by molar-refractivity contribution is 0.130. The molecule has 1 N–H and O–H groups in total. The minimum Gasteiger partial charge on any atom is -0.391 e. The largest absolute Gasteiger partial charge is 0.391 e. The van der Waals surface area contributed by atoms with Gasteiger partial charge in [-0.25, -0.2) is 9.37 Å². The second-order valence-corrected chi connectivity index (χ2v) is 10.1. The number of aliphatic hydroxyl groups is 1. The van der Waals surface area contributed by atoms with E-state index in [1.165, 1.54) is 17.7 Å². The summed E-state index contributed by atoms with van der Waals surface area (Å²) in [5.41, 5.74) is 6.49. The van der Waals surface area contributed by atoms with Crippen LogP contribution in [0.25, 0.3) is 28.3 Å². The molecule has 0 bridgehead atoms. The Morgan fingerprint density at radius 2 is 1.86 bits per heavy atom. The highest BCUT2D eigenvalue weighted by atomic mass is 19.1. The first-order valence-electron chi connectivity index (χ1n) is 12.1. The number of imidazole rings is 1. The van der Waals surface area contributed by atoms with E-state index in [1.807, 2.05) is 24.5 Å². The van der Waals surface area contributed by atoms with Gasteiger partial charge in [0.2, 0.25) is 0 Å². The van der Waals surface area contributed by atoms with Crippen LogP contribution in [0, 0.1) is 11.7 Å². The van der Waals surface area contributed by atoms with Gasteiger partial charge in [-0.3, -0.25) is 4.57 Å². The van der Waals surface area contributed by atoms with Crippen LogP contribution in [0.1, 0.15) is 18.5 Å². The van der Waals surface area contributed by atoms with Crippen LogP contribution in [0.2, 0.25) is 0 Å². The number of β-amino-alcohol motifs (C(OH)–C–C–N with tert-alkyl or cyclic N) is 1. The highest BCUT2D eigenvalue weighted by Crippen LogP contribution is 2.40. The molecule has 180 valence electrons. The van der Waals surface area contributed by atoms with Crippen molar-refractivity contribution in [2.24, 2.45) is 5.92 Å². The molecule has 7 heteroatoms. The molecule has 2 aromatic carbocycles. The number of rotatable bonds is 4. The van der Waals surface area contributed by atoms with E-state index in [9.17, 15) is 9.50 Å². The molecule has 0 aliphatic carbocycles. The number of halogens is 1. The molecule has 2 aliphatic rings. The summed E-state index contributed by atoms with van der Waals surface area (Å²) in [5.74, 6) is 0.884. The lowest BCUT2D eigenvalue weighted by atomic mass is 10.0. The smallest absolute Gasteiger partial charge is 0.161 e. The first-order valence-corrected chi connectivity index (χ1v) is 12.1. The molecule has 4 aromatic rings. The predicted octanol–water partition coefficient (Wildman–Crippen LogP) is 4.43. The number of benzene rings is 2. The molecule has 1 saturated heterocycles. The number of anilines is 1. The Kier molecular flexibility index (Phi) is 5.27. The van der Waals surface area contributed by atoms with Crippen LogP contribution in [0.4, 0.5) is 10.1 Å². The van der Waals surface area contributed by atoms with Crippen molar-refractivity contribution in [2.45, 2.75) is 19.1 Å². The van der Waals surface area contributed by atoms with Crippen molar-refractivity contribution in [3.8, 4) is 28.3 Å². The molecular formula is C28H30FN5O. The summed E-state index contributed by atoms with van der Waals surface area (Å²) in [6.45, 7) is 4.56. The van der Waals surface area contributed by atoms with Crippen molar-refractivity contribution in [3.05, 3.63) is 78.5 Å². The Morgan fingerprint density at radius 3 is 2.63 bits per heavy atom. The fraction of sp³-hybridized carbons (Fsp3) is 0.321. The number of aliphatic hydroxyl groups excluding tert-OH is 1. The quantitative estimate of drug-likeness (QED) is 0.479. The van der Waals surface area contributed by atoms with Crippen LogP contribution in [-0.4, -0.2) is 64.0 Å². The summed E-state index contributed by atoms with van der Waals surface area (Å²) >= 11 is 0. The van der Waals surface area contributed by atoms with Gasteiger partial charge in [-0.15, -0.1) is 0 Å². The number of aromatic nitrogens is 3. The molecule has 35 heavy (non-hydrogen) atoms. The molecule has 0 spiro atoms. The van der Waals surface area contributed by atoms with Gasteiger partial charge < -0.3 is 19.5 Å². The minimum atomic E-state index is -0.330. The van der Waals surface area contributed by atoms with Crippen molar-refractivity contribution >= 4 is 5.69 Å². The van der Waals surface area contributed by atoms with Gasteiger partial charge in [0.05, 0.1) is 23.5 Å². The first kappa shape index (κ1) is 22.1. The van der Waals surface area contributed by atoms with Crippen LogP contribution in [0.3, 0.4) is 0 Å². The van der Waals surface area contributed by atoms with Crippen LogP contribution < -0.4 is 4.90 Å². The molecule has 1 fully saturated rings. The minimum absolute atomic E-state index is 0.0703. The van der Waals surface area contributed by atoms with Crippen molar-refractivity contribution in [1.29, 1.82) is 0 Å². The van der Waals surface area contributed by atoms with Gasteiger partial charge in [-0.2, -0.15) is 0 Å². The monoisotopic (exact) mass is 471 g/mol. The summed E-state index contributed by atoms with van der Waals surface area (Å²) in [5, 5.41) is 10.7. The third-order valence-corrected chi connectivity index (χ3v) is 7.41. The van der Waals surface area contributed by atoms with Crippen LogP contribution >= 0.6 is 0 Å². The van der Waals surface area contributed by atoms with Crippen molar-refractivity contribution in [3.63, 3.8) is 0 Å². The predicted molar refractivity (Wildman–Crippen MR) is 136 cm³/mol. The third kappa shape index (κ3) is 3.75. The maximum atomic E-state index is 13.5. The second kappa shape index (κ2) is 8.36. The van der Waals surface area contributed by atoms with Crippen molar-refractivity contribution in [2.75, 3.05) is 38.6 Å². The Hall–Kier alpha value is -3.42. The summed E-state index contributed by atoms with van der Waals surface area (Å²) < 4.78 is 17.9. The number of nitrogens with zero attached hydrogens (tertiary/aromatic N) is 5. The highest BCUT2D eigenvalue weighted by Gasteiger charge is 2.33. The van der Waals surface area contributed by atoms with E-state index in [0.717, 1.165) is 47.1 Å². The average Bonchev–Trinajstić information content (AvgIpc) is 3.56. The van der Waals surface area contributed by atoms with Gasteiger partial charge >= 0.3 is 0 Å². The van der Waals surface area contributed by atoms with E-state index in [1.54, 1.807) is 0 Å². The van der Waals surface area contributed by atoms with Gasteiger partial charge in [0.15, 0.2) is 5.82 Å². The molecule has 0 unspecified atom stereocenters. The molecule has 6 rings (SSSR count). The zero-order valence-corrected chi connectivity index (χ0v) is 20.3. The normalized spacial score (nSPS) is 21.1. The van der Waals surface area contributed by atoms with E-state index in [4.69, 9.17) is 4.98 Å². The molecule has 6 nitrogen and oxygen atoms in total. The molecule has 0 amide bonds. The summed E-state index contributed by atoms with van der Waals surface area (Å²) in [4.78, 5) is 9.13. The maximum absolute atomic E-state index is 13.5. The number of hydrogen-bond donors (Lipinski definition) is 1. The van der Waals surface area contributed by atoms with E-state index in [-0.39, 0.29) is 23.9 Å². The van der Waals surface area contributed by atoms with E-state index in [0.29, 0.717) is 6.54 Å². The summed E-state index contributed by atoms with van der Waals surface area (Å²) in [6.07, 6.45) is 5.65. The maximum Gasteiger partial charge on any atom is 0.161 e. The first-order chi connectivity index (χ1) is 16.9. The second-order valence-electron chi connectivity index (χ2n) is 10.1. The van der Waals surface area contributed by atoms with Gasteiger partial charge in [0.25, 0.3) is 0 Å². The fourth-order valence-corrected chi connectivity index (χ4v) is 5.62. The zero-order valence-electron chi connectivity index (χ0n) is 20.3. The summed E-state index contributed by atoms with van der Waals surface area (Å²) in [6, 6.07) is 15.4. The molecular weight excluding hydrogens is 441 g/mol. The topological polar surface area (TPSA) is 49.5 Å². The Morgan fingerprint density at radius 1 is 1.06 bits per heavy atom. The van der Waals surface area contributed by atoms with E-state index >= 15 is 0 Å². The van der Waals surface area contributed by atoms with Crippen LogP contribution in [0.5, 0.6) is 0 Å². The van der Waals surface area contributed by atoms with Crippen molar-refractivity contribution in [1.82, 2.24) is 19.0 Å². The molecule has 2 aromatic heterocycles.